The number of aliphatic hydroxyl groups is 1. The number of phenols is 1. The Balaban J connectivity index is 2.22. The molecule has 3 atom stereocenters. The van der Waals surface area contributed by atoms with Crippen LogP contribution >= 0.6 is 0 Å². The molecule has 3 unspecified atom stereocenters. The van der Waals surface area contributed by atoms with Gasteiger partial charge in [0.1, 0.15) is 24.0 Å². The highest BCUT2D eigenvalue weighted by Gasteiger charge is 2.25. The van der Waals surface area contributed by atoms with Gasteiger partial charge in [-0.25, -0.2) is 9.59 Å². The number of rotatable bonds is 5. The minimum Gasteiger partial charge on any atom is -0.507 e. The number of carbonyl (C=O) groups excluding carboxylic acids is 2. The number of aliphatic hydroxyl groups excluding tert-OH is 1. The summed E-state index contributed by atoms with van der Waals surface area (Å²) in [7, 11) is 0. The van der Waals surface area contributed by atoms with Crippen molar-refractivity contribution in [2.45, 2.75) is 44.8 Å². The first-order chi connectivity index (χ1) is 13.9. The van der Waals surface area contributed by atoms with Crippen LogP contribution in [0.1, 0.15) is 42.1 Å². The maximum absolute atomic E-state index is 12.8. The number of hydrogen-bond donors (Lipinski definition) is 2. The van der Waals surface area contributed by atoms with Gasteiger partial charge in [-0.2, -0.15) is 0 Å². The van der Waals surface area contributed by atoms with Gasteiger partial charge in [-0.05, 0) is 30.4 Å². The van der Waals surface area contributed by atoms with Crippen molar-refractivity contribution in [3.8, 4) is 5.75 Å². The first kappa shape index (κ1) is 22.4. The number of ether oxygens (including phenoxy) is 2. The van der Waals surface area contributed by atoms with Crippen LogP contribution in [0.3, 0.4) is 0 Å². The van der Waals surface area contributed by atoms with Crippen LogP contribution in [-0.2, 0) is 20.7 Å². The second-order valence-corrected chi connectivity index (χ2v) is 7.09. The first-order valence-electron chi connectivity index (χ1n) is 9.71. The standard InChI is InChI=1S/C23H28O6/c1-3-14-28-21(26)13-7-11-18-15-20(25)16(2)8-4-5-9-17-10-6-12-19(24)22(17)23(27)29-18/h3-7,10,12-13,16,18,20,24-25H,1,8-9,11,14-15H2,2H3/b5-4+,13-7+. The van der Waals surface area contributed by atoms with Crippen LogP contribution in [0.5, 0.6) is 5.75 Å². The number of cyclic esters (lactones) is 1. The number of fused-ring (bicyclic) bond motifs is 1. The average molecular weight is 400 g/mol. The Morgan fingerprint density at radius 3 is 2.93 bits per heavy atom. The monoisotopic (exact) mass is 400 g/mol. The molecule has 29 heavy (non-hydrogen) atoms. The van der Waals surface area contributed by atoms with Crippen molar-refractivity contribution in [3.05, 3.63) is 66.3 Å². The molecular formula is C23H28O6. The summed E-state index contributed by atoms with van der Waals surface area (Å²) >= 11 is 0. The Morgan fingerprint density at radius 1 is 1.38 bits per heavy atom. The van der Waals surface area contributed by atoms with Gasteiger partial charge in [0.05, 0.1) is 6.10 Å². The van der Waals surface area contributed by atoms with E-state index in [1.54, 1.807) is 18.2 Å². The number of benzene rings is 1. The minimum absolute atomic E-state index is 0.0166. The largest absolute Gasteiger partial charge is 0.507 e. The molecule has 0 saturated heterocycles. The van der Waals surface area contributed by atoms with E-state index in [-0.39, 0.29) is 36.7 Å². The molecule has 2 rings (SSSR count). The Labute approximate surface area is 171 Å². The third kappa shape index (κ3) is 6.91. The molecule has 0 saturated carbocycles. The van der Waals surface area contributed by atoms with Crippen LogP contribution in [0.25, 0.3) is 0 Å². The molecule has 2 N–H and O–H groups in total. The van der Waals surface area contributed by atoms with Crippen molar-refractivity contribution >= 4 is 11.9 Å². The lowest BCUT2D eigenvalue weighted by Crippen LogP contribution is -2.28. The Hall–Kier alpha value is -2.86. The predicted octanol–water partition coefficient (Wildman–Crippen LogP) is 3.48. The van der Waals surface area contributed by atoms with E-state index in [4.69, 9.17) is 9.47 Å². The summed E-state index contributed by atoms with van der Waals surface area (Å²) in [4.78, 5) is 24.3. The molecule has 1 aliphatic rings. The average Bonchev–Trinajstić information content (AvgIpc) is 2.68. The summed E-state index contributed by atoms with van der Waals surface area (Å²) in [6, 6.07) is 4.90. The highest BCUT2D eigenvalue weighted by Crippen LogP contribution is 2.26. The lowest BCUT2D eigenvalue weighted by Gasteiger charge is -2.24. The summed E-state index contributed by atoms with van der Waals surface area (Å²) in [5, 5.41) is 20.7. The van der Waals surface area contributed by atoms with Crippen LogP contribution in [0.2, 0.25) is 0 Å². The molecule has 1 heterocycles. The summed E-state index contributed by atoms with van der Waals surface area (Å²) in [6.07, 6.45) is 8.45. The van der Waals surface area contributed by atoms with Crippen LogP contribution in [-0.4, -0.2) is 41.0 Å². The van der Waals surface area contributed by atoms with Gasteiger partial charge in [0.25, 0.3) is 0 Å². The maximum atomic E-state index is 12.8. The lowest BCUT2D eigenvalue weighted by molar-refractivity contribution is -0.136. The smallest absolute Gasteiger partial charge is 0.342 e. The summed E-state index contributed by atoms with van der Waals surface area (Å²) < 4.78 is 10.5. The highest BCUT2D eigenvalue weighted by atomic mass is 16.5. The van der Waals surface area contributed by atoms with Gasteiger partial charge >= 0.3 is 11.9 Å². The van der Waals surface area contributed by atoms with E-state index >= 15 is 0 Å². The fourth-order valence-electron chi connectivity index (χ4n) is 3.08. The van der Waals surface area contributed by atoms with E-state index in [0.29, 0.717) is 18.4 Å². The molecule has 1 aliphatic heterocycles. The zero-order chi connectivity index (χ0) is 21.2. The van der Waals surface area contributed by atoms with Gasteiger partial charge in [-0.1, -0.05) is 49.9 Å². The van der Waals surface area contributed by atoms with E-state index in [2.05, 4.69) is 6.58 Å². The normalized spacial score (nSPS) is 23.9. The van der Waals surface area contributed by atoms with Crippen LogP contribution in [0, 0.1) is 5.92 Å². The second-order valence-electron chi connectivity index (χ2n) is 7.09. The highest BCUT2D eigenvalue weighted by molar-refractivity contribution is 5.94. The van der Waals surface area contributed by atoms with E-state index in [1.807, 2.05) is 19.1 Å². The summed E-state index contributed by atoms with van der Waals surface area (Å²) in [5.41, 5.74) is 0.793. The first-order valence-corrected chi connectivity index (χ1v) is 9.71. The van der Waals surface area contributed by atoms with Crippen molar-refractivity contribution in [2.24, 2.45) is 5.92 Å². The van der Waals surface area contributed by atoms with E-state index in [0.717, 1.165) is 0 Å². The molecule has 0 fully saturated rings. The Kier molecular flexibility index (Phi) is 8.68. The predicted molar refractivity (Wildman–Crippen MR) is 109 cm³/mol. The molecule has 0 bridgehead atoms. The molecule has 1 aromatic rings. The molecule has 0 aromatic heterocycles. The molecule has 156 valence electrons. The SMILES string of the molecule is C=CCOC(=O)/C=C/CC1CC(O)C(C)C/C=C/Cc2cccc(O)c2C(=O)O1. The molecule has 0 radical (unpaired) electrons. The summed E-state index contributed by atoms with van der Waals surface area (Å²) in [5.74, 6) is -1.34. The van der Waals surface area contributed by atoms with Gasteiger partial charge in [0, 0.05) is 18.9 Å². The van der Waals surface area contributed by atoms with Crippen LogP contribution in [0.4, 0.5) is 0 Å². The van der Waals surface area contributed by atoms with E-state index in [9.17, 15) is 19.8 Å². The molecule has 0 amide bonds. The van der Waals surface area contributed by atoms with Gasteiger partial charge in [0.15, 0.2) is 0 Å². The van der Waals surface area contributed by atoms with Crippen molar-refractivity contribution in [3.63, 3.8) is 0 Å². The van der Waals surface area contributed by atoms with Crippen molar-refractivity contribution in [1.82, 2.24) is 0 Å². The third-order valence-electron chi connectivity index (χ3n) is 4.78. The van der Waals surface area contributed by atoms with Gasteiger partial charge < -0.3 is 19.7 Å². The van der Waals surface area contributed by atoms with E-state index in [1.165, 1.54) is 18.2 Å². The third-order valence-corrected chi connectivity index (χ3v) is 4.78. The number of aromatic hydroxyl groups is 1. The quantitative estimate of drug-likeness (QED) is 0.447. The number of hydrogen-bond acceptors (Lipinski definition) is 6. The zero-order valence-electron chi connectivity index (χ0n) is 16.6. The van der Waals surface area contributed by atoms with Gasteiger partial charge in [0.2, 0.25) is 0 Å². The molecule has 6 nitrogen and oxygen atoms in total. The van der Waals surface area contributed by atoms with Gasteiger partial charge in [-0.15, -0.1) is 0 Å². The number of phenolic OH excluding ortho intramolecular Hbond substituents is 1. The van der Waals surface area contributed by atoms with Crippen LogP contribution in [0.15, 0.2) is 55.2 Å². The summed E-state index contributed by atoms with van der Waals surface area (Å²) in [6.45, 7) is 5.52. The topological polar surface area (TPSA) is 93.1 Å². The fraction of sp³-hybridized carbons (Fsp3) is 0.391. The van der Waals surface area contributed by atoms with Crippen LogP contribution < -0.4 is 0 Å². The van der Waals surface area contributed by atoms with Gasteiger partial charge in [-0.3, -0.25) is 0 Å². The minimum atomic E-state index is -0.679. The molecule has 0 spiro atoms. The zero-order valence-corrected chi connectivity index (χ0v) is 16.6. The molecular weight excluding hydrogens is 372 g/mol. The fourth-order valence-corrected chi connectivity index (χ4v) is 3.08. The Morgan fingerprint density at radius 2 is 2.17 bits per heavy atom. The van der Waals surface area contributed by atoms with Crippen molar-refractivity contribution in [1.29, 1.82) is 0 Å². The molecule has 6 heteroatoms. The maximum Gasteiger partial charge on any atom is 0.342 e. The number of allylic oxidation sites excluding steroid dienone is 2. The van der Waals surface area contributed by atoms with E-state index < -0.39 is 24.1 Å². The lowest BCUT2D eigenvalue weighted by atomic mass is 9.93. The molecule has 0 aliphatic carbocycles. The Bertz CT molecular complexity index is 780. The number of esters is 2. The van der Waals surface area contributed by atoms with Crippen molar-refractivity contribution in [2.75, 3.05) is 6.61 Å². The number of carbonyl (C=O) groups is 2. The van der Waals surface area contributed by atoms with Crippen molar-refractivity contribution < 1.29 is 29.3 Å². The molecule has 1 aromatic carbocycles. The second kappa shape index (κ2) is 11.2.